The second-order valence-corrected chi connectivity index (χ2v) is 5.98. The molecule has 0 spiro atoms. The van der Waals surface area contributed by atoms with Crippen molar-refractivity contribution in [2.75, 3.05) is 5.01 Å². The number of hydrogen-bond donors (Lipinski definition) is 0. The van der Waals surface area contributed by atoms with Crippen LogP contribution in [0.5, 0.6) is 0 Å². The first kappa shape index (κ1) is 11.1. The van der Waals surface area contributed by atoms with E-state index < -0.39 is 0 Å². The fourth-order valence-corrected chi connectivity index (χ4v) is 3.72. The van der Waals surface area contributed by atoms with Crippen molar-refractivity contribution in [2.24, 2.45) is 5.10 Å². The number of thiophene rings is 1. The fourth-order valence-electron chi connectivity index (χ4n) is 1.53. The summed E-state index contributed by atoms with van der Waals surface area (Å²) in [6, 6.07) is 1.96. The predicted octanol–water partition coefficient (Wildman–Crippen LogP) is 3.11. The van der Waals surface area contributed by atoms with Gasteiger partial charge in [0.05, 0.1) is 17.0 Å². The molecule has 0 bridgehead atoms. The van der Waals surface area contributed by atoms with Gasteiger partial charge in [0.15, 0.2) is 0 Å². The van der Waals surface area contributed by atoms with Gasteiger partial charge in [-0.15, -0.1) is 22.7 Å². The maximum Gasteiger partial charge on any atom is 0.255 e. The molecule has 4 nitrogen and oxygen atoms in total. The minimum Gasteiger partial charge on any atom is -0.272 e. The average Bonchev–Trinajstić information content (AvgIpc) is 2.97. The van der Waals surface area contributed by atoms with E-state index in [1.165, 1.54) is 16.3 Å². The smallest absolute Gasteiger partial charge is 0.255 e. The third-order valence-corrected chi connectivity index (χ3v) is 4.89. The summed E-state index contributed by atoms with van der Waals surface area (Å²) in [7, 11) is 0. The van der Waals surface area contributed by atoms with Gasteiger partial charge in [-0.2, -0.15) is 10.1 Å². The number of nitrogens with zero attached hydrogens (tertiary/aromatic N) is 3. The Labute approximate surface area is 114 Å². The van der Waals surface area contributed by atoms with E-state index in [1.807, 2.05) is 16.8 Å². The summed E-state index contributed by atoms with van der Waals surface area (Å²) in [5.74, 6) is -0.0322. The minimum atomic E-state index is -0.0322. The summed E-state index contributed by atoms with van der Waals surface area (Å²) in [5.41, 5.74) is 0.798. The van der Waals surface area contributed by atoms with Crippen LogP contribution in [0.1, 0.15) is 11.3 Å². The van der Waals surface area contributed by atoms with Crippen LogP contribution in [0.25, 0.3) is 0 Å². The molecule has 1 amide bonds. The molecular formula is C10H6BrN3OS2. The van der Waals surface area contributed by atoms with E-state index >= 15 is 0 Å². The molecule has 0 aromatic carbocycles. The van der Waals surface area contributed by atoms with E-state index in [2.05, 4.69) is 26.0 Å². The van der Waals surface area contributed by atoms with E-state index in [0.717, 1.165) is 15.1 Å². The second-order valence-electron chi connectivity index (χ2n) is 3.34. The molecule has 1 aliphatic heterocycles. The standard InChI is InChI=1S/C10H6BrN3OS2/c11-6-1-3-16-9(6)7-5-8(15)14(13-7)10-12-2-4-17-10/h1-4H,5H2. The van der Waals surface area contributed by atoms with Crippen molar-refractivity contribution in [2.45, 2.75) is 6.42 Å². The van der Waals surface area contributed by atoms with Gasteiger partial charge in [0.25, 0.3) is 5.91 Å². The lowest BCUT2D eigenvalue weighted by molar-refractivity contribution is -0.116. The molecular weight excluding hydrogens is 322 g/mol. The predicted molar refractivity (Wildman–Crippen MR) is 72.8 cm³/mol. The zero-order valence-electron chi connectivity index (χ0n) is 8.46. The second kappa shape index (κ2) is 4.32. The first-order valence-electron chi connectivity index (χ1n) is 4.79. The van der Waals surface area contributed by atoms with Gasteiger partial charge in [-0.05, 0) is 27.4 Å². The van der Waals surface area contributed by atoms with Crippen LogP contribution in [0, 0.1) is 0 Å². The molecule has 3 heterocycles. The molecule has 0 saturated carbocycles. The normalized spacial score (nSPS) is 15.5. The van der Waals surface area contributed by atoms with E-state index in [0.29, 0.717) is 11.6 Å². The van der Waals surface area contributed by atoms with Crippen LogP contribution in [-0.4, -0.2) is 16.6 Å². The van der Waals surface area contributed by atoms with Crippen LogP contribution in [0.3, 0.4) is 0 Å². The molecule has 0 radical (unpaired) electrons. The van der Waals surface area contributed by atoms with Crippen molar-refractivity contribution >= 4 is 55.4 Å². The Morgan fingerprint density at radius 2 is 2.24 bits per heavy atom. The Kier molecular flexibility index (Phi) is 2.81. The van der Waals surface area contributed by atoms with Gasteiger partial charge in [0.2, 0.25) is 5.13 Å². The molecule has 0 unspecified atom stereocenters. The van der Waals surface area contributed by atoms with Crippen molar-refractivity contribution in [1.29, 1.82) is 0 Å². The summed E-state index contributed by atoms with van der Waals surface area (Å²) in [6.07, 6.45) is 2.00. The van der Waals surface area contributed by atoms with Crippen LogP contribution in [0.2, 0.25) is 0 Å². The van der Waals surface area contributed by atoms with Gasteiger partial charge in [-0.1, -0.05) is 0 Å². The molecule has 0 N–H and O–H groups in total. The molecule has 2 aromatic rings. The summed E-state index contributed by atoms with van der Waals surface area (Å²) in [5, 5.41) is 10.1. The van der Waals surface area contributed by atoms with Crippen molar-refractivity contribution in [3.63, 3.8) is 0 Å². The number of anilines is 1. The van der Waals surface area contributed by atoms with E-state index in [1.54, 1.807) is 17.5 Å². The molecule has 1 aliphatic rings. The van der Waals surface area contributed by atoms with Crippen LogP contribution >= 0.6 is 38.6 Å². The highest BCUT2D eigenvalue weighted by Gasteiger charge is 2.28. The van der Waals surface area contributed by atoms with Gasteiger partial charge in [0.1, 0.15) is 0 Å². The van der Waals surface area contributed by atoms with Crippen molar-refractivity contribution in [3.8, 4) is 0 Å². The zero-order chi connectivity index (χ0) is 11.8. The van der Waals surface area contributed by atoms with E-state index in [-0.39, 0.29) is 5.91 Å². The lowest BCUT2D eigenvalue weighted by Crippen LogP contribution is -2.19. The van der Waals surface area contributed by atoms with Crippen LogP contribution in [0.15, 0.2) is 32.6 Å². The maximum absolute atomic E-state index is 11.9. The van der Waals surface area contributed by atoms with Gasteiger partial charge < -0.3 is 0 Å². The topological polar surface area (TPSA) is 45.6 Å². The Bertz CT molecular complexity index is 590. The Balaban J connectivity index is 1.97. The van der Waals surface area contributed by atoms with E-state index in [4.69, 9.17) is 0 Å². The lowest BCUT2D eigenvalue weighted by atomic mass is 10.2. The molecule has 0 fully saturated rings. The highest BCUT2D eigenvalue weighted by atomic mass is 79.9. The lowest BCUT2D eigenvalue weighted by Gasteiger charge is -2.05. The highest BCUT2D eigenvalue weighted by Crippen LogP contribution is 2.30. The Morgan fingerprint density at radius 3 is 2.88 bits per heavy atom. The minimum absolute atomic E-state index is 0.0322. The highest BCUT2D eigenvalue weighted by molar-refractivity contribution is 9.10. The van der Waals surface area contributed by atoms with E-state index in [9.17, 15) is 4.79 Å². The Hall–Kier alpha value is -1.05. The molecule has 3 rings (SSSR count). The van der Waals surface area contributed by atoms with Crippen molar-refractivity contribution < 1.29 is 4.79 Å². The molecule has 2 aromatic heterocycles. The van der Waals surface area contributed by atoms with Gasteiger partial charge in [-0.3, -0.25) is 4.79 Å². The first-order chi connectivity index (χ1) is 8.25. The van der Waals surface area contributed by atoms with Gasteiger partial charge >= 0.3 is 0 Å². The summed E-state index contributed by atoms with van der Waals surface area (Å²) in [4.78, 5) is 17.0. The molecule has 7 heteroatoms. The summed E-state index contributed by atoms with van der Waals surface area (Å²) >= 11 is 6.43. The van der Waals surface area contributed by atoms with Crippen LogP contribution in [0.4, 0.5) is 5.13 Å². The molecule has 86 valence electrons. The third kappa shape index (κ3) is 1.94. The van der Waals surface area contributed by atoms with Crippen molar-refractivity contribution in [1.82, 2.24) is 4.98 Å². The largest absolute Gasteiger partial charge is 0.272 e. The number of halogens is 1. The van der Waals surface area contributed by atoms with Gasteiger partial charge in [0, 0.05) is 16.0 Å². The third-order valence-electron chi connectivity index (χ3n) is 2.26. The van der Waals surface area contributed by atoms with Crippen molar-refractivity contribution in [3.05, 3.63) is 32.4 Å². The zero-order valence-corrected chi connectivity index (χ0v) is 11.7. The number of amides is 1. The number of thiazole rings is 1. The maximum atomic E-state index is 11.9. The summed E-state index contributed by atoms with van der Waals surface area (Å²) in [6.45, 7) is 0. The molecule has 0 atom stereocenters. The number of carbonyl (C=O) groups excluding carboxylic acids is 1. The average molecular weight is 328 g/mol. The van der Waals surface area contributed by atoms with Crippen LogP contribution in [-0.2, 0) is 4.79 Å². The molecule has 17 heavy (non-hydrogen) atoms. The molecule has 0 saturated heterocycles. The molecule has 0 aliphatic carbocycles. The number of carbonyl (C=O) groups is 1. The quantitative estimate of drug-likeness (QED) is 0.850. The number of aromatic nitrogens is 1. The Morgan fingerprint density at radius 1 is 1.35 bits per heavy atom. The van der Waals surface area contributed by atoms with Gasteiger partial charge in [-0.25, -0.2) is 4.98 Å². The number of hydrazone groups is 1. The fraction of sp³-hybridized carbons (Fsp3) is 0.100. The number of hydrogen-bond acceptors (Lipinski definition) is 5. The first-order valence-corrected chi connectivity index (χ1v) is 7.34. The number of rotatable bonds is 2. The SMILES string of the molecule is O=C1CC(c2sccc2Br)=NN1c1nccs1. The van der Waals surface area contributed by atoms with Crippen LogP contribution < -0.4 is 5.01 Å². The summed E-state index contributed by atoms with van der Waals surface area (Å²) < 4.78 is 0.982. The monoisotopic (exact) mass is 327 g/mol.